The molecule has 0 aliphatic heterocycles. The van der Waals surface area contributed by atoms with Crippen LogP contribution in [0.3, 0.4) is 0 Å². The van der Waals surface area contributed by atoms with Gasteiger partial charge in [-0.3, -0.25) is 4.79 Å². The smallest absolute Gasteiger partial charge is 0.454 e. The van der Waals surface area contributed by atoms with E-state index in [0.717, 1.165) is 0 Å². The Morgan fingerprint density at radius 3 is 1.00 bits per heavy atom. The molecule has 0 atom stereocenters. The first-order valence-electron chi connectivity index (χ1n) is 4.84. The first kappa shape index (κ1) is 21.6. The zero-order valence-corrected chi connectivity index (χ0v) is 9.98. The van der Waals surface area contributed by atoms with Crippen LogP contribution in [0.1, 0.15) is 6.42 Å². The van der Waals surface area contributed by atoms with Crippen molar-refractivity contribution >= 4 is 5.97 Å². The molecule has 0 bridgehead atoms. The largest absolute Gasteiger partial charge is 0.481 e. The SMILES string of the molecule is O=C(O)CC(C(F)(F)F)(C(F)(F)C(F)(F)F)C(F)(F)C(F)(F)F. The summed E-state index contributed by atoms with van der Waals surface area (Å²) in [4.78, 5) is 10.1. The van der Waals surface area contributed by atoms with Gasteiger partial charge in [0.25, 0.3) is 0 Å². The molecular weight excluding hydrogens is 375 g/mol. The Morgan fingerprint density at radius 2 is 0.870 bits per heavy atom. The minimum absolute atomic E-state index is 3.38. The van der Waals surface area contributed by atoms with Gasteiger partial charge in [0.05, 0.1) is 6.42 Å². The number of alkyl halides is 13. The maximum Gasteiger partial charge on any atom is 0.454 e. The molecule has 0 radical (unpaired) electrons. The Balaban J connectivity index is 7.03. The van der Waals surface area contributed by atoms with Crippen LogP contribution in [0.2, 0.25) is 0 Å². The molecule has 0 aromatic carbocycles. The highest BCUT2D eigenvalue weighted by Crippen LogP contribution is 2.67. The van der Waals surface area contributed by atoms with E-state index in [-0.39, 0.29) is 0 Å². The molecule has 0 aromatic rings. The van der Waals surface area contributed by atoms with Gasteiger partial charge in [-0.05, 0) is 0 Å². The number of rotatable bonds is 4. The van der Waals surface area contributed by atoms with Gasteiger partial charge in [0.1, 0.15) is 0 Å². The fraction of sp³-hybridized carbons (Fsp3) is 0.875. The van der Waals surface area contributed by atoms with Crippen molar-refractivity contribution < 1.29 is 67.0 Å². The normalized spacial score (nSPS) is 15.7. The Morgan fingerprint density at radius 1 is 0.609 bits per heavy atom. The lowest BCUT2D eigenvalue weighted by molar-refractivity contribution is -0.462. The fourth-order valence-electron chi connectivity index (χ4n) is 1.59. The van der Waals surface area contributed by atoms with Crippen molar-refractivity contribution in [3.05, 3.63) is 0 Å². The number of hydrogen-bond acceptors (Lipinski definition) is 1. The lowest BCUT2D eigenvalue weighted by Gasteiger charge is -2.45. The minimum Gasteiger partial charge on any atom is -0.481 e. The van der Waals surface area contributed by atoms with Gasteiger partial charge in [0.15, 0.2) is 0 Å². The Hall–Kier alpha value is -1.44. The van der Waals surface area contributed by atoms with Crippen LogP contribution >= 0.6 is 0 Å². The summed E-state index contributed by atoms with van der Waals surface area (Å²) in [6, 6.07) is 0. The summed E-state index contributed by atoms with van der Waals surface area (Å²) in [7, 11) is 0. The van der Waals surface area contributed by atoms with Gasteiger partial charge < -0.3 is 5.11 Å². The van der Waals surface area contributed by atoms with Gasteiger partial charge in [-0.1, -0.05) is 0 Å². The zero-order valence-electron chi connectivity index (χ0n) is 9.98. The average molecular weight is 378 g/mol. The van der Waals surface area contributed by atoms with E-state index in [1.807, 2.05) is 0 Å². The van der Waals surface area contributed by atoms with E-state index in [1.165, 1.54) is 0 Å². The van der Waals surface area contributed by atoms with Crippen molar-refractivity contribution in [2.75, 3.05) is 0 Å². The maximum atomic E-state index is 13.0. The summed E-state index contributed by atoms with van der Waals surface area (Å²) >= 11 is 0. The van der Waals surface area contributed by atoms with Crippen molar-refractivity contribution in [3.63, 3.8) is 0 Å². The van der Waals surface area contributed by atoms with Crippen molar-refractivity contribution in [2.24, 2.45) is 5.41 Å². The second-order valence-electron chi connectivity index (χ2n) is 4.12. The van der Waals surface area contributed by atoms with E-state index in [0.29, 0.717) is 0 Å². The molecule has 0 aromatic heterocycles. The van der Waals surface area contributed by atoms with Crippen LogP contribution in [0.5, 0.6) is 0 Å². The highest BCUT2D eigenvalue weighted by Gasteiger charge is 2.92. The number of aliphatic carboxylic acids is 1. The van der Waals surface area contributed by atoms with E-state index < -0.39 is 48.2 Å². The Bertz CT molecular complexity index is 428. The molecule has 0 saturated carbocycles. The van der Waals surface area contributed by atoms with Crippen LogP contribution in [0.4, 0.5) is 57.1 Å². The molecule has 15 heteroatoms. The predicted molar refractivity (Wildman–Crippen MR) is 42.7 cm³/mol. The van der Waals surface area contributed by atoms with Crippen LogP contribution in [-0.2, 0) is 4.79 Å². The van der Waals surface area contributed by atoms with Gasteiger partial charge >= 0.3 is 36.3 Å². The van der Waals surface area contributed by atoms with Gasteiger partial charge in [-0.15, -0.1) is 0 Å². The van der Waals surface area contributed by atoms with Crippen LogP contribution in [-0.4, -0.2) is 41.4 Å². The van der Waals surface area contributed by atoms with E-state index >= 15 is 0 Å². The van der Waals surface area contributed by atoms with Gasteiger partial charge in [-0.25, -0.2) is 0 Å². The third-order valence-electron chi connectivity index (χ3n) is 2.68. The van der Waals surface area contributed by atoms with E-state index in [2.05, 4.69) is 0 Å². The molecule has 0 rings (SSSR count). The van der Waals surface area contributed by atoms with Crippen molar-refractivity contribution in [1.29, 1.82) is 0 Å². The molecule has 23 heavy (non-hydrogen) atoms. The third-order valence-corrected chi connectivity index (χ3v) is 2.68. The van der Waals surface area contributed by atoms with Crippen LogP contribution < -0.4 is 0 Å². The maximum absolute atomic E-state index is 13.0. The van der Waals surface area contributed by atoms with Gasteiger partial charge in [-0.2, -0.15) is 57.1 Å². The summed E-state index contributed by atoms with van der Waals surface area (Å²) in [5.74, 6) is -18.9. The monoisotopic (exact) mass is 378 g/mol. The molecule has 0 aliphatic carbocycles. The van der Waals surface area contributed by atoms with Crippen molar-refractivity contribution in [1.82, 2.24) is 0 Å². The van der Waals surface area contributed by atoms with E-state index in [9.17, 15) is 61.9 Å². The van der Waals surface area contributed by atoms with E-state index in [4.69, 9.17) is 5.11 Å². The molecule has 0 fully saturated rings. The topological polar surface area (TPSA) is 37.3 Å². The number of carbonyl (C=O) groups is 1. The number of halogens is 13. The molecule has 2 nitrogen and oxygen atoms in total. The lowest BCUT2D eigenvalue weighted by Crippen LogP contribution is -2.71. The summed E-state index contributed by atoms with van der Waals surface area (Å²) in [6.07, 6.45) is -26.6. The average Bonchev–Trinajstić information content (AvgIpc) is 2.19. The third kappa shape index (κ3) is 3.00. The number of carboxylic acid groups (broad SMARTS) is 1. The van der Waals surface area contributed by atoms with Crippen LogP contribution in [0, 0.1) is 5.41 Å². The van der Waals surface area contributed by atoms with Crippen LogP contribution in [0.15, 0.2) is 0 Å². The minimum atomic E-state index is -7.77. The second kappa shape index (κ2) is 5.29. The molecule has 0 aliphatic rings. The zero-order chi connectivity index (χ0) is 19.3. The standard InChI is InChI=1S/C8H3F13O2/c9-4(10,7(16,17)18)3(1-2(22)23,6(13,14)15)5(11,12)8(19,20)21/h1H2,(H,22,23). The highest BCUT2D eigenvalue weighted by atomic mass is 19.4. The summed E-state index contributed by atoms with van der Waals surface area (Å²) in [6.45, 7) is 0. The van der Waals surface area contributed by atoms with Crippen molar-refractivity contribution in [3.8, 4) is 0 Å². The molecule has 0 spiro atoms. The Kier molecular flexibility index (Phi) is 4.96. The van der Waals surface area contributed by atoms with Gasteiger partial charge in [0, 0.05) is 0 Å². The van der Waals surface area contributed by atoms with E-state index in [1.54, 1.807) is 0 Å². The predicted octanol–water partition coefficient (Wildman–Crippen LogP) is 4.41. The first-order chi connectivity index (χ1) is 9.67. The molecule has 0 amide bonds. The van der Waals surface area contributed by atoms with Gasteiger partial charge in [0.2, 0.25) is 5.41 Å². The molecule has 138 valence electrons. The first-order valence-corrected chi connectivity index (χ1v) is 4.84. The highest BCUT2D eigenvalue weighted by molar-refractivity contribution is 5.68. The number of hydrogen-bond donors (Lipinski definition) is 1. The summed E-state index contributed by atoms with van der Waals surface area (Å²) in [5.41, 5.74) is -7.30. The number of carboxylic acids is 1. The van der Waals surface area contributed by atoms with Crippen molar-refractivity contribution in [2.45, 2.75) is 36.8 Å². The fourth-order valence-corrected chi connectivity index (χ4v) is 1.59. The lowest BCUT2D eigenvalue weighted by atomic mass is 9.70. The molecule has 1 N–H and O–H groups in total. The Labute approximate surface area is 116 Å². The molecule has 0 saturated heterocycles. The quantitative estimate of drug-likeness (QED) is 0.737. The molecule has 0 heterocycles. The molecule has 0 unspecified atom stereocenters. The summed E-state index contributed by atoms with van der Waals surface area (Å²) < 4.78 is 162. The molecular formula is C8H3F13O2. The van der Waals surface area contributed by atoms with Crippen LogP contribution in [0.25, 0.3) is 0 Å². The summed E-state index contributed by atoms with van der Waals surface area (Å²) in [5, 5.41) is 7.97. The second-order valence-corrected chi connectivity index (χ2v) is 4.12.